The number of alkyl halides is 6. The summed E-state index contributed by atoms with van der Waals surface area (Å²) in [4.78, 5) is 62.5. The summed E-state index contributed by atoms with van der Waals surface area (Å²) in [6.45, 7) is 10.4. The largest absolute Gasteiger partial charge is 0.484 e. The van der Waals surface area contributed by atoms with Gasteiger partial charge in [0.05, 0.1) is 47.0 Å². The summed E-state index contributed by atoms with van der Waals surface area (Å²) >= 11 is 0. The summed E-state index contributed by atoms with van der Waals surface area (Å²) in [5.41, 5.74) is 4.82. The molecule has 0 unspecified atom stereocenters. The number of benzene rings is 2. The first-order valence-corrected chi connectivity index (χ1v) is 18.4. The zero-order valence-electron chi connectivity index (χ0n) is 33.3. The number of carbonyl (C=O) groups is 4. The number of aromatic nitrogens is 2. The van der Waals surface area contributed by atoms with Crippen LogP contribution in [0.4, 0.5) is 58.7 Å². The van der Waals surface area contributed by atoms with Crippen LogP contribution in [0.1, 0.15) is 86.5 Å². The fourth-order valence-electron chi connectivity index (χ4n) is 6.02. The third-order valence-electron chi connectivity index (χ3n) is 8.68. The van der Waals surface area contributed by atoms with Gasteiger partial charge in [0.15, 0.2) is 11.5 Å². The molecule has 2 aliphatic heterocycles. The second kappa shape index (κ2) is 16.8. The van der Waals surface area contributed by atoms with Crippen LogP contribution in [0, 0.1) is 0 Å². The number of hydrogen-bond donors (Lipinski definition) is 4. The van der Waals surface area contributed by atoms with Crippen LogP contribution in [-0.4, -0.2) is 93.4 Å². The highest BCUT2D eigenvalue weighted by Crippen LogP contribution is 2.42. The molecule has 3 aromatic rings. The van der Waals surface area contributed by atoms with Gasteiger partial charge in [-0.2, -0.15) is 26.3 Å². The molecule has 3 heterocycles. The maximum atomic E-state index is 13.9. The average Bonchev–Trinajstić information content (AvgIpc) is 3.79. The van der Waals surface area contributed by atoms with Gasteiger partial charge in [-0.05, 0) is 65.8 Å². The normalized spacial score (nSPS) is 17.3. The zero-order valence-corrected chi connectivity index (χ0v) is 33.3. The van der Waals surface area contributed by atoms with E-state index in [0.717, 1.165) is 12.4 Å². The van der Waals surface area contributed by atoms with E-state index in [0.29, 0.717) is 24.3 Å². The van der Waals surface area contributed by atoms with Crippen LogP contribution in [0.25, 0.3) is 0 Å². The van der Waals surface area contributed by atoms with Crippen molar-refractivity contribution in [2.75, 3.05) is 48.3 Å². The van der Waals surface area contributed by atoms with Crippen LogP contribution >= 0.6 is 0 Å². The van der Waals surface area contributed by atoms with Crippen molar-refractivity contribution in [1.82, 2.24) is 19.8 Å². The predicted octanol–water partition coefficient (Wildman–Crippen LogP) is 6.96. The van der Waals surface area contributed by atoms with Gasteiger partial charge in [-0.15, -0.1) is 0 Å². The highest BCUT2D eigenvalue weighted by molar-refractivity contribution is 6.08. The van der Waals surface area contributed by atoms with Crippen molar-refractivity contribution in [1.29, 1.82) is 0 Å². The molecule has 0 saturated carbocycles. The fraction of sp³-hybridized carbons (Fsp3) is 0.474. The molecule has 0 bridgehead atoms. The minimum atomic E-state index is -4.90. The Kier molecular flexibility index (Phi) is 12.6. The van der Waals surface area contributed by atoms with Gasteiger partial charge in [0.25, 0.3) is 11.8 Å². The van der Waals surface area contributed by atoms with Gasteiger partial charge in [0.2, 0.25) is 0 Å². The van der Waals surface area contributed by atoms with E-state index in [1.807, 2.05) is 0 Å². The number of halogens is 6. The van der Waals surface area contributed by atoms with E-state index in [2.05, 4.69) is 20.6 Å². The van der Waals surface area contributed by atoms with E-state index in [1.165, 1.54) is 9.80 Å². The van der Waals surface area contributed by atoms with Gasteiger partial charge in [-0.25, -0.2) is 19.6 Å². The second-order valence-electron chi connectivity index (χ2n) is 16.0. The van der Waals surface area contributed by atoms with Crippen LogP contribution in [0.2, 0.25) is 0 Å². The Bertz CT molecular complexity index is 1990. The molecule has 2 saturated heterocycles. The van der Waals surface area contributed by atoms with Crippen molar-refractivity contribution in [3.8, 4) is 11.5 Å². The molecule has 60 heavy (non-hydrogen) atoms. The molecule has 4 amide bonds. The summed E-state index contributed by atoms with van der Waals surface area (Å²) < 4.78 is 106. The standard InChI is InChI=1S/C38H44F6N8O8/c1-35(2,3)59-33(55)51-9-7-21(16-51)57-29-23(45)11-19(37(39,40)41)13-25(29)49-31(53)27-15-28(48-18-47-27)32(54)50-26-14-20(38(42,43)44)12-24(46)30(26)58-22-8-10-52(17-22)34(56)60-36(4,5)6/h11-15,18,21-22H,7-10,16-17,45-46H2,1-6H3,(H,49,53)(H,50,54)/t21-,22-/m1/s1. The lowest BCUT2D eigenvalue weighted by atomic mass is 10.1. The van der Waals surface area contributed by atoms with Crippen molar-refractivity contribution in [3.05, 3.63) is 59.2 Å². The molecule has 2 aliphatic rings. The average molecular weight is 855 g/mol. The molecule has 16 nitrogen and oxygen atoms in total. The monoisotopic (exact) mass is 854 g/mol. The molecule has 6 N–H and O–H groups in total. The van der Waals surface area contributed by atoms with Gasteiger partial charge < -0.3 is 50.8 Å². The molecule has 326 valence electrons. The molecule has 2 fully saturated rings. The summed E-state index contributed by atoms with van der Waals surface area (Å²) in [5, 5.41) is 4.54. The fourth-order valence-corrected chi connectivity index (χ4v) is 6.02. The maximum absolute atomic E-state index is 13.9. The van der Waals surface area contributed by atoms with E-state index < -0.39 is 105 Å². The Hall–Kier alpha value is -6.22. The van der Waals surface area contributed by atoms with Gasteiger partial charge in [0, 0.05) is 32.0 Å². The number of nitrogen functional groups attached to an aromatic ring is 2. The predicted molar refractivity (Wildman–Crippen MR) is 203 cm³/mol. The van der Waals surface area contributed by atoms with E-state index in [-0.39, 0.29) is 50.5 Å². The number of carbonyl (C=O) groups excluding carboxylic acids is 4. The number of anilines is 4. The number of ether oxygens (including phenoxy) is 4. The lowest BCUT2D eigenvalue weighted by molar-refractivity contribution is -0.138. The Balaban J connectivity index is 1.37. The smallest absolute Gasteiger partial charge is 0.416 e. The van der Waals surface area contributed by atoms with E-state index >= 15 is 0 Å². The third kappa shape index (κ3) is 11.5. The second-order valence-corrected chi connectivity index (χ2v) is 16.0. The minimum absolute atomic E-state index is 0.0113. The SMILES string of the molecule is CC(C)(C)OC(=O)N1CC[C@@H](Oc2c(N)cc(C(F)(F)F)cc2NC(=O)c2cc(C(=O)Nc3cc(C(F)(F)F)cc(N)c3O[C@@H]3CCN(C(=O)OC(C)(C)C)C3)ncn2)C1. The van der Waals surface area contributed by atoms with Crippen LogP contribution in [-0.2, 0) is 21.8 Å². The van der Waals surface area contributed by atoms with Gasteiger partial charge >= 0.3 is 24.5 Å². The number of likely N-dealkylation sites (tertiary alicyclic amines) is 2. The molecule has 2 atom stereocenters. The number of nitrogens with one attached hydrogen (secondary N) is 2. The Labute approximate surface area is 339 Å². The zero-order chi connectivity index (χ0) is 44.5. The molecule has 22 heteroatoms. The van der Waals surface area contributed by atoms with Gasteiger partial charge in [0.1, 0.15) is 41.1 Å². The minimum Gasteiger partial charge on any atom is -0.484 e. The molecule has 2 aromatic carbocycles. The van der Waals surface area contributed by atoms with E-state index in [9.17, 15) is 45.5 Å². The van der Waals surface area contributed by atoms with Gasteiger partial charge in [-0.3, -0.25) is 9.59 Å². The quantitative estimate of drug-likeness (QED) is 0.134. The first-order valence-electron chi connectivity index (χ1n) is 18.4. The summed E-state index contributed by atoms with van der Waals surface area (Å²) in [5.74, 6) is -2.99. The Morgan fingerprint density at radius 3 is 1.33 bits per heavy atom. The van der Waals surface area contributed by atoms with Crippen molar-refractivity contribution < 1.29 is 64.5 Å². The van der Waals surface area contributed by atoms with Crippen LogP contribution in [0.5, 0.6) is 11.5 Å². The molecule has 5 rings (SSSR count). The van der Waals surface area contributed by atoms with Crippen molar-refractivity contribution in [2.24, 2.45) is 0 Å². The Morgan fingerprint density at radius 1 is 0.633 bits per heavy atom. The number of nitrogens with two attached hydrogens (primary N) is 2. The van der Waals surface area contributed by atoms with Gasteiger partial charge in [-0.1, -0.05) is 0 Å². The number of hydrogen-bond acceptors (Lipinski definition) is 12. The van der Waals surface area contributed by atoms with Crippen molar-refractivity contribution in [2.45, 2.75) is 90.1 Å². The summed E-state index contributed by atoms with van der Waals surface area (Å²) in [6, 6.07) is 3.22. The highest BCUT2D eigenvalue weighted by Gasteiger charge is 2.37. The number of nitrogens with zero attached hydrogens (tertiary/aromatic N) is 4. The lowest BCUT2D eigenvalue weighted by Gasteiger charge is -2.25. The van der Waals surface area contributed by atoms with Crippen LogP contribution in [0.15, 0.2) is 36.7 Å². The topological polar surface area (TPSA) is 214 Å². The van der Waals surface area contributed by atoms with Crippen LogP contribution < -0.4 is 31.6 Å². The molecule has 0 spiro atoms. The lowest BCUT2D eigenvalue weighted by Crippen LogP contribution is -2.36. The molecular formula is C38H44F6N8O8. The molecule has 1 aromatic heterocycles. The summed E-state index contributed by atoms with van der Waals surface area (Å²) in [6.07, 6.45) is -11.3. The maximum Gasteiger partial charge on any atom is 0.416 e. The number of amides is 4. The van der Waals surface area contributed by atoms with E-state index in [1.54, 1.807) is 41.5 Å². The van der Waals surface area contributed by atoms with E-state index in [4.69, 9.17) is 30.4 Å². The molecule has 0 aliphatic carbocycles. The number of rotatable bonds is 8. The highest BCUT2D eigenvalue weighted by atomic mass is 19.4. The Morgan fingerprint density at radius 2 is 1.00 bits per heavy atom. The van der Waals surface area contributed by atoms with Crippen molar-refractivity contribution >= 4 is 46.8 Å². The summed E-state index contributed by atoms with van der Waals surface area (Å²) in [7, 11) is 0. The van der Waals surface area contributed by atoms with Crippen LogP contribution in [0.3, 0.4) is 0 Å². The molecule has 0 radical (unpaired) electrons. The van der Waals surface area contributed by atoms with Crippen molar-refractivity contribution in [3.63, 3.8) is 0 Å². The third-order valence-corrected chi connectivity index (χ3v) is 8.68. The first-order chi connectivity index (χ1) is 27.7. The first kappa shape index (κ1) is 44.9. The molecular weight excluding hydrogens is 810 g/mol.